The molecule has 0 atom stereocenters. The standard InChI is InChI=1S/C16H13NO3/c18-16(15-2-1-8-20-15)17-10-12-3-5-13(6-4-12)14-7-9-19-11-14/h1-9,11H,10H2,(H,17,18). The predicted octanol–water partition coefficient (Wildman–Crippen LogP) is 3.47. The number of nitrogens with one attached hydrogen (secondary N) is 1. The molecule has 2 aromatic heterocycles. The van der Waals surface area contributed by atoms with Crippen molar-refractivity contribution in [1.82, 2.24) is 5.32 Å². The van der Waals surface area contributed by atoms with E-state index in [1.807, 2.05) is 30.3 Å². The number of benzene rings is 1. The minimum absolute atomic E-state index is 0.214. The Balaban J connectivity index is 1.63. The van der Waals surface area contributed by atoms with Crippen LogP contribution in [0, 0.1) is 0 Å². The molecule has 1 aromatic carbocycles. The first-order valence-electron chi connectivity index (χ1n) is 6.26. The average molecular weight is 267 g/mol. The molecule has 0 saturated carbocycles. The van der Waals surface area contributed by atoms with Gasteiger partial charge in [0.1, 0.15) is 0 Å². The quantitative estimate of drug-likeness (QED) is 0.787. The van der Waals surface area contributed by atoms with E-state index in [0.717, 1.165) is 16.7 Å². The summed E-state index contributed by atoms with van der Waals surface area (Å²) in [5.41, 5.74) is 3.15. The molecule has 1 N–H and O–H groups in total. The van der Waals surface area contributed by atoms with E-state index in [1.165, 1.54) is 6.26 Å². The Hall–Kier alpha value is -2.75. The van der Waals surface area contributed by atoms with Crippen molar-refractivity contribution in [1.29, 1.82) is 0 Å². The third-order valence-electron chi connectivity index (χ3n) is 3.01. The summed E-state index contributed by atoms with van der Waals surface area (Å²) in [5.74, 6) is 0.105. The first-order chi connectivity index (χ1) is 9.83. The number of furan rings is 2. The molecule has 1 amide bonds. The maximum atomic E-state index is 11.7. The van der Waals surface area contributed by atoms with Gasteiger partial charge in [0.25, 0.3) is 5.91 Å². The molecule has 0 unspecified atom stereocenters. The Kier molecular flexibility index (Phi) is 3.37. The van der Waals surface area contributed by atoms with Crippen molar-refractivity contribution in [2.45, 2.75) is 6.54 Å². The summed E-state index contributed by atoms with van der Waals surface area (Å²) in [5, 5.41) is 2.80. The fourth-order valence-corrected chi connectivity index (χ4v) is 1.92. The van der Waals surface area contributed by atoms with Crippen molar-refractivity contribution >= 4 is 5.91 Å². The monoisotopic (exact) mass is 267 g/mol. The Morgan fingerprint density at radius 1 is 1.00 bits per heavy atom. The predicted molar refractivity (Wildman–Crippen MR) is 74.0 cm³/mol. The summed E-state index contributed by atoms with van der Waals surface area (Å²) < 4.78 is 10.1. The van der Waals surface area contributed by atoms with Gasteiger partial charge in [-0.15, -0.1) is 0 Å². The second-order valence-electron chi connectivity index (χ2n) is 4.37. The van der Waals surface area contributed by atoms with Crippen molar-refractivity contribution in [3.63, 3.8) is 0 Å². The van der Waals surface area contributed by atoms with Gasteiger partial charge >= 0.3 is 0 Å². The summed E-state index contributed by atoms with van der Waals surface area (Å²) in [7, 11) is 0. The maximum absolute atomic E-state index is 11.7. The molecule has 0 aliphatic rings. The number of rotatable bonds is 4. The zero-order valence-electron chi connectivity index (χ0n) is 10.7. The molecule has 0 spiro atoms. The number of amides is 1. The molecule has 0 aliphatic heterocycles. The van der Waals surface area contributed by atoms with Gasteiger partial charge in [-0.25, -0.2) is 0 Å². The minimum Gasteiger partial charge on any atom is -0.472 e. The van der Waals surface area contributed by atoms with E-state index < -0.39 is 0 Å². The average Bonchev–Trinajstić information content (AvgIpc) is 3.18. The molecule has 4 heteroatoms. The Morgan fingerprint density at radius 2 is 1.85 bits per heavy atom. The van der Waals surface area contributed by atoms with Crippen molar-refractivity contribution in [3.8, 4) is 11.1 Å². The second kappa shape index (κ2) is 5.48. The van der Waals surface area contributed by atoms with Crippen LogP contribution in [-0.4, -0.2) is 5.91 Å². The van der Waals surface area contributed by atoms with Crippen molar-refractivity contribution < 1.29 is 13.6 Å². The van der Waals surface area contributed by atoms with E-state index in [0.29, 0.717) is 12.3 Å². The van der Waals surface area contributed by atoms with Gasteiger partial charge in [0.2, 0.25) is 0 Å². The van der Waals surface area contributed by atoms with Gasteiger partial charge in [0, 0.05) is 12.1 Å². The molecule has 4 nitrogen and oxygen atoms in total. The van der Waals surface area contributed by atoms with Crippen LogP contribution in [-0.2, 0) is 6.54 Å². The van der Waals surface area contributed by atoms with Crippen LogP contribution in [0.4, 0.5) is 0 Å². The van der Waals surface area contributed by atoms with Crippen molar-refractivity contribution in [2.24, 2.45) is 0 Å². The highest BCUT2D eigenvalue weighted by molar-refractivity contribution is 5.91. The third-order valence-corrected chi connectivity index (χ3v) is 3.01. The van der Waals surface area contributed by atoms with Crippen LogP contribution < -0.4 is 5.32 Å². The number of hydrogen-bond acceptors (Lipinski definition) is 3. The van der Waals surface area contributed by atoms with Gasteiger partial charge in [0.05, 0.1) is 18.8 Å². The lowest BCUT2D eigenvalue weighted by atomic mass is 10.1. The lowest BCUT2D eigenvalue weighted by Gasteiger charge is -2.04. The van der Waals surface area contributed by atoms with Crippen LogP contribution in [0.25, 0.3) is 11.1 Å². The molecule has 0 saturated heterocycles. The summed E-state index contributed by atoms with van der Waals surface area (Å²) in [6, 6.07) is 13.2. The van der Waals surface area contributed by atoms with Crippen LogP contribution in [0.5, 0.6) is 0 Å². The van der Waals surface area contributed by atoms with Crippen LogP contribution >= 0.6 is 0 Å². The normalized spacial score (nSPS) is 10.4. The van der Waals surface area contributed by atoms with Gasteiger partial charge in [-0.05, 0) is 29.3 Å². The molecule has 3 rings (SSSR count). The van der Waals surface area contributed by atoms with E-state index in [2.05, 4.69) is 5.32 Å². The fraction of sp³-hybridized carbons (Fsp3) is 0.0625. The topological polar surface area (TPSA) is 55.4 Å². The van der Waals surface area contributed by atoms with Crippen molar-refractivity contribution in [3.05, 3.63) is 72.6 Å². The molecule has 0 bridgehead atoms. The smallest absolute Gasteiger partial charge is 0.287 e. The molecule has 0 radical (unpaired) electrons. The van der Waals surface area contributed by atoms with Crippen LogP contribution in [0.1, 0.15) is 16.1 Å². The first kappa shape index (κ1) is 12.3. The van der Waals surface area contributed by atoms with E-state index in [-0.39, 0.29) is 5.91 Å². The van der Waals surface area contributed by atoms with Gasteiger partial charge < -0.3 is 14.2 Å². The third kappa shape index (κ3) is 2.64. The van der Waals surface area contributed by atoms with E-state index >= 15 is 0 Å². The SMILES string of the molecule is O=C(NCc1ccc(-c2ccoc2)cc1)c1ccco1. The number of carbonyl (C=O) groups excluding carboxylic acids is 1. The molecule has 0 fully saturated rings. The lowest BCUT2D eigenvalue weighted by Crippen LogP contribution is -2.22. The maximum Gasteiger partial charge on any atom is 0.287 e. The van der Waals surface area contributed by atoms with E-state index in [9.17, 15) is 4.79 Å². The van der Waals surface area contributed by atoms with Crippen LogP contribution in [0.2, 0.25) is 0 Å². The molecule has 0 aliphatic carbocycles. The minimum atomic E-state index is -0.214. The van der Waals surface area contributed by atoms with Crippen molar-refractivity contribution in [2.75, 3.05) is 0 Å². The summed E-state index contributed by atoms with van der Waals surface area (Å²) in [6.07, 6.45) is 4.83. The molecular weight excluding hydrogens is 254 g/mol. The first-order valence-corrected chi connectivity index (χ1v) is 6.26. The van der Waals surface area contributed by atoms with Gasteiger partial charge in [-0.2, -0.15) is 0 Å². The summed E-state index contributed by atoms with van der Waals surface area (Å²) >= 11 is 0. The Morgan fingerprint density at radius 3 is 2.50 bits per heavy atom. The Bertz CT molecular complexity index is 667. The molecule has 2 heterocycles. The summed E-state index contributed by atoms with van der Waals surface area (Å²) in [4.78, 5) is 11.7. The largest absolute Gasteiger partial charge is 0.472 e. The molecule has 20 heavy (non-hydrogen) atoms. The van der Waals surface area contributed by atoms with E-state index in [1.54, 1.807) is 24.7 Å². The highest BCUT2D eigenvalue weighted by Crippen LogP contribution is 2.19. The Labute approximate surface area is 116 Å². The molecular formula is C16H13NO3. The van der Waals surface area contributed by atoms with Gasteiger partial charge in [0.15, 0.2) is 5.76 Å². The zero-order valence-corrected chi connectivity index (χ0v) is 10.7. The second-order valence-corrected chi connectivity index (χ2v) is 4.37. The summed E-state index contributed by atoms with van der Waals surface area (Å²) in [6.45, 7) is 0.463. The zero-order chi connectivity index (χ0) is 13.8. The van der Waals surface area contributed by atoms with E-state index in [4.69, 9.17) is 8.83 Å². The fourth-order valence-electron chi connectivity index (χ4n) is 1.92. The highest BCUT2D eigenvalue weighted by Gasteiger charge is 2.07. The highest BCUT2D eigenvalue weighted by atomic mass is 16.3. The molecule has 3 aromatic rings. The van der Waals surface area contributed by atoms with Gasteiger partial charge in [-0.3, -0.25) is 4.79 Å². The van der Waals surface area contributed by atoms with Gasteiger partial charge in [-0.1, -0.05) is 24.3 Å². The lowest BCUT2D eigenvalue weighted by molar-refractivity contribution is 0.0923. The van der Waals surface area contributed by atoms with Crippen LogP contribution in [0.3, 0.4) is 0 Å². The molecule has 100 valence electrons. The number of hydrogen-bond donors (Lipinski definition) is 1. The number of carbonyl (C=O) groups is 1. The van der Waals surface area contributed by atoms with Crippen LogP contribution in [0.15, 0.2) is 70.1 Å².